The molecule has 3 N–H and O–H groups in total. The molecule has 3 rings (SSSR count). The molecule has 0 amide bonds. The number of aromatic amines is 1. The van der Waals surface area contributed by atoms with Crippen molar-refractivity contribution in [3.8, 4) is 0 Å². The van der Waals surface area contributed by atoms with Gasteiger partial charge in [0.1, 0.15) is 5.69 Å². The number of aromatic carboxylic acids is 1. The maximum Gasteiger partial charge on any atom is 0.354 e. The van der Waals surface area contributed by atoms with Crippen LogP contribution < -0.4 is 5.32 Å². The molecule has 0 fully saturated rings. The summed E-state index contributed by atoms with van der Waals surface area (Å²) in [4.78, 5) is 26.4. The average molecular weight is 343 g/mol. The maximum atomic E-state index is 12.1. The molecule has 0 aliphatic rings. The van der Waals surface area contributed by atoms with E-state index in [1.54, 1.807) is 30.3 Å². The van der Waals surface area contributed by atoms with E-state index in [0.717, 1.165) is 5.39 Å². The van der Waals surface area contributed by atoms with Crippen LogP contribution in [0.25, 0.3) is 10.9 Å². The highest BCUT2D eigenvalue weighted by molar-refractivity contribution is 6.31. The number of nitrogens with one attached hydrogen (secondary N) is 2. The normalized spacial score (nSPS) is 10.7. The summed E-state index contributed by atoms with van der Waals surface area (Å²) in [5.41, 5.74) is 1.80. The summed E-state index contributed by atoms with van der Waals surface area (Å²) in [6.07, 6.45) is 0.267. The first-order chi connectivity index (χ1) is 11.6. The number of benzene rings is 2. The number of hydrogen-bond acceptors (Lipinski definition) is 3. The fourth-order valence-electron chi connectivity index (χ4n) is 2.58. The van der Waals surface area contributed by atoms with E-state index in [0.29, 0.717) is 28.3 Å². The Morgan fingerprint density at radius 3 is 2.58 bits per heavy atom. The smallest absolute Gasteiger partial charge is 0.354 e. The number of ketones is 1. The number of H-pyrrole nitrogens is 1. The lowest BCUT2D eigenvalue weighted by atomic mass is 10.1. The largest absolute Gasteiger partial charge is 0.477 e. The predicted molar refractivity (Wildman–Crippen MR) is 94.1 cm³/mol. The molecule has 122 valence electrons. The molecule has 5 nitrogen and oxygen atoms in total. The number of rotatable bonds is 6. The van der Waals surface area contributed by atoms with E-state index in [2.05, 4.69) is 10.3 Å². The molecule has 0 aliphatic carbocycles. The second-order valence-electron chi connectivity index (χ2n) is 5.34. The van der Waals surface area contributed by atoms with E-state index in [1.807, 2.05) is 18.2 Å². The Labute approximate surface area is 143 Å². The standard InChI is InChI=1S/C18H15ClN2O3/c19-12-6-7-13-14(10-12)21-17(18(23)24)16(13)20-9-8-15(22)11-4-2-1-3-5-11/h1-7,10,20-21H,8-9H2,(H,23,24). The molecule has 1 aromatic heterocycles. The molecule has 0 bridgehead atoms. The third-order valence-electron chi connectivity index (χ3n) is 3.72. The van der Waals surface area contributed by atoms with Crippen LogP contribution in [-0.4, -0.2) is 28.4 Å². The highest BCUT2D eigenvalue weighted by atomic mass is 35.5. The van der Waals surface area contributed by atoms with Crippen molar-refractivity contribution in [2.75, 3.05) is 11.9 Å². The van der Waals surface area contributed by atoms with Gasteiger partial charge in [-0.1, -0.05) is 41.9 Å². The van der Waals surface area contributed by atoms with Gasteiger partial charge in [0.25, 0.3) is 0 Å². The number of carbonyl (C=O) groups excluding carboxylic acids is 1. The molecular formula is C18H15ClN2O3. The number of fused-ring (bicyclic) bond motifs is 1. The number of Topliss-reactive ketones (excluding diaryl/α,β-unsaturated/α-hetero) is 1. The van der Waals surface area contributed by atoms with Crippen LogP contribution in [0.2, 0.25) is 5.02 Å². The average Bonchev–Trinajstić information content (AvgIpc) is 2.93. The van der Waals surface area contributed by atoms with Crippen LogP contribution in [0, 0.1) is 0 Å². The van der Waals surface area contributed by atoms with Crippen molar-refractivity contribution in [3.05, 3.63) is 64.8 Å². The molecular weight excluding hydrogens is 328 g/mol. The summed E-state index contributed by atoms with van der Waals surface area (Å²) in [6.45, 7) is 0.337. The van der Waals surface area contributed by atoms with Crippen molar-refractivity contribution in [2.24, 2.45) is 0 Å². The zero-order valence-corrected chi connectivity index (χ0v) is 13.4. The summed E-state index contributed by atoms with van der Waals surface area (Å²) in [7, 11) is 0. The molecule has 0 atom stereocenters. The van der Waals surface area contributed by atoms with E-state index in [4.69, 9.17) is 11.6 Å². The summed E-state index contributed by atoms with van der Waals surface area (Å²) < 4.78 is 0. The first-order valence-corrected chi connectivity index (χ1v) is 7.80. The van der Waals surface area contributed by atoms with E-state index in [-0.39, 0.29) is 17.9 Å². The van der Waals surface area contributed by atoms with Gasteiger partial charge in [-0.3, -0.25) is 4.79 Å². The van der Waals surface area contributed by atoms with Crippen LogP contribution in [0.5, 0.6) is 0 Å². The number of hydrogen-bond donors (Lipinski definition) is 3. The lowest BCUT2D eigenvalue weighted by Crippen LogP contribution is -2.11. The number of halogens is 1. The summed E-state index contributed by atoms with van der Waals surface area (Å²) in [5, 5.41) is 13.7. The quantitative estimate of drug-likeness (QED) is 0.586. The third-order valence-corrected chi connectivity index (χ3v) is 3.96. The highest BCUT2D eigenvalue weighted by Gasteiger charge is 2.17. The van der Waals surface area contributed by atoms with E-state index < -0.39 is 5.97 Å². The summed E-state index contributed by atoms with van der Waals surface area (Å²) in [6, 6.07) is 14.1. The third kappa shape index (κ3) is 3.26. The molecule has 24 heavy (non-hydrogen) atoms. The van der Waals surface area contributed by atoms with Crippen LogP contribution in [0.1, 0.15) is 27.3 Å². The minimum atomic E-state index is -1.07. The molecule has 0 unspecified atom stereocenters. The first kappa shape index (κ1) is 16.1. The highest BCUT2D eigenvalue weighted by Crippen LogP contribution is 2.29. The Morgan fingerprint density at radius 1 is 1.12 bits per heavy atom. The molecule has 6 heteroatoms. The number of carboxylic acid groups (broad SMARTS) is 1. The Kier molecular flexibility index (Phi) is 4.53. The molecule has 0 saturated heterocycles. The molecule has 1 heterocycles. The topological polar surface area (TPSA) is 82.2 Å². The van der Waals surface area contributed by atoms with Gasteiger partial charge in [-0.05, 0) is 18.2 Å². The number of carbonyl (C=O) groups is 2. The Morgan fingerprint density at radius 2 is 1.88 bits per heavy atom. The fourth-order valence-corrected chi connectivity index (χ4v) is 2.76. The van der Waals surface area contributed by atoms with Crippen molar-refractivity contribution >= 4 is 39.9 Å². The van der Waals surface area contributed by atoms with Crippen molar-refractivity contribution in [1.82, 2.24) is 4.98 Å². The second-order valence-corrected chi connectivity index (χ2v) is 5.77. The van der Waals surface area contributed by atoms with Crippen LogP contribution in [0.3, 0.4) is 0 Å². The minimum absolute atomic E-state index is 0.00265. The zero-order valence-electron chi connectivity index (χ0n) is 12.7. The van der Waals surface area contributed by atoms with E-state index in [1.165, 1.54) is 0 Å². The fraction of sp³-hybridized carbons (Fsp3) is 0.111. The van der Waals surface area contributed by atoms with Crippen molar-refractivity contribution < 1.29 is 14.7 Å². The minimum Gasteiger partial charge on any atom is -0.477 e. The molecule has 3 aromatic rings. The predicted octanol–water partition coefficient (Wildman–Crippen LogP) is 4.20. The molecule has 0 spiro atoms. The summed E-state index contributed by atoms with van der Waals surface area (Å²) in [5.74, 6) is -1.07. The van der Waals surface area contributed by atoms with Crippen LogP contribution in [0.4, 0.5) is 5.69 Å². The monoisotopic (exact) mass is 342 g/mol. The van der Waals surface area contributed by atoms with E-state index >= 15 is 0 Å². The van der Waals surface area contributed by atoms with Crippen molar-refractivity contribution in [1.29, 1.82) is 0 Å². The lowest BCUT2D eigenvalue weighted by molar-refractivity contribution is 0.0692. The van der Waals surface area contributed by atoms with Gasteiger partial charge in [0.15, 0.2) is 5.78 Å². The number of carboxylic acids is 1. The van der Waals surface area contributed by atoms with Gasteiger partial charge in [-0.2, -0.15) is 0 Å². The van der Waals surface area contributed by atoms with Gasteiger partial charge in [0, 0.05) is 34.5 Å². The van der Waals surface area contributed by atoms with Gasteiger partial charge in [-0.25, -0.2) is 4.79 Å². The van der Waals surface area contributed by atoms with Gasteiger partial charge in [0.2, 0.25) is 0 Å². The SMILES string of the molecule is O=C(CCNc1c(C(=O)O)[nH]c2cc(Cl)ccc12)c1ccccc1. The van der Waals surface area contributed by atoms with Gasteiger partial charge >= 0.3 is 5.97 Å². The Hall–Kier alpha value is -2.79. The maximum absolute atomic E-state index is 12.1. The van der Waals surface area contributed by atoms with Gasteiger partial charge in [-0.15, -0.1) is 0 Å². The molecule has 0 radical (unpaired) electrons. The van der Waals surface area contributed by atoms with Crippen molar-refractivity contribution in [2.45, 2.75) is 6.42 Å². The Bertz CT molecular complexity index is 903. The van der Waals surface area contributed by atoms with Gasteiger partial charge in [0.05, 0.1) is 5.69 Å². The van der Waals surface area contributed by atoms with Crippen LogP contribution >= 0.6 is 11.6 Å². The molecule has 0 saturated carbocycles. The van der Waals surface area contributed by atoms with E-state index in [9.17, 15) is 14.7 Å². The first-order valence-electron chi connectivity index (χ1n) is 7.43. The van der Waals surface area contributed by atoms with Crippen molar-refractivity contribution in [3.63, 3.8) is 0 Å². The second kappa shape index (κ2) is 6.76. The summed E-state index contributed by atoms with van der Waals surface area (Å²) >= 11 is 5.94. The zero-order chi connectivity index (χ0) is 17.1. The number of anilines is 1. The molecule has 0 aliphatic heterocycles. The Balaban J connectivity index is 1.78. The van der Waals surface area contributed by atoms with Gasteiger partial charge < -0.3 is 15.4 Å². The van der Waals surface area contributed by atoms with Crippen LogP contribution in [-0.2, 0) is 0 Å². The van der Waals surface area contributed by atoms with Crippen LogP contribution in [0.15, 0.2) is 48.5 Å². The molecule has 2 aromatic carbocycles. The lowest BCUT2D eigenvalue weighted by Gasteiger charge is -2.06. The number of aromatic nitrogens is 1.